The SMILES string of the molecule is Cc1cc(C)c(S(=O)(=O)N2CCN(C(=O)CC3C=CS(=O)(=O)C3)CC2)c(C)c1. The molecule has 1 atom stereocenters. The molecule has 1 amide bonds. The van der Waals surface area contributed by atoms with Crippen molar-refractivity contribution in [3.63, 3.8) is 0 Å². The lowest BCUT2D eigenvalue weighted by Crippen LogP contribution is -2.51. The van der Waals surface area contributed by atoms with Crippen LogP contribution in [0, 0.1) is 26.7 Å². The predicted molar refractivity (Wildman–Crippen MR) is 107 cm³/mol. The molecule has 154 valence electrons. The van der Waals surface area contributed by atoms with Crippen molar-refractivity contribution in [3.05, 3.63) is 40.3 Å². The van der Waals surface area contributed by atoms with Gasteiger partial charge >= 0.3 is 0 Å². The van der Waals surface area contributed by atoms with E-state index in [1.165, 1.54) is 9.71 Å². The van der Waals surface area contributed by atoms with Crippen LogP contribution in [0.4, 0.5) is 0 Å². The molecule has 1 unspecified atom stereocenters. The number of amides is 1. The van der Waals surface area contributed by atoms with Crippen LogP contribution in [-0.4, -0.2) is 63.9 Å². The number of hydrogen-bond donors (Lipinski definition) is 0. The number of sulfonamides is 1. The van der Waals surface area contributed by atoms with Crippen molar-refractivity contribution in [2.24, 2.45) is 5.92 Å². The van der Waals surface area contributed by atoms with Gasteiger partial charge in [-0.05, 0) is 31.9 Å². The van der Waals surface area contributed by atoms with Crippen molar-refractivity contribution >= 4 is 25.8 Å². The molecule has 28 heavy (non-hydrogen) atoms. The molecular formula is C19H26N2O5S2. The van der Waals surface area contributed by atoms with E-state index in [0.29, 0.717) is 18.0 Å². The summed E-state index contributed by atoms with van der Waals surface area (Å²) in [5, 5.41) is 1.17. The Labute approximate surface area is 167 Å². The topological polar surface area (TPSA) is 91.8 Å². The van der Waals surface area contributed by atoms with Crippen LogP contribution in [0.1, 0.15) is 23.1 Å². The number of rotatable bonds is 4. The molecule has 0 saturated carbocycles. The summed E-state index contributed by atoms with van der Waals surface area (Å²) in [6.07, 6.45) is 1.70. The minimum absolute atomic E-state index is 0.0287. The first-order valence-corrected chi connectivity index (χ1v) is 12.4. The highest BCUT2D eigenvalue weighted by Gasteiger charge is 2.33. The molecule has 9 heteroatoms. The number of nitrogens with zero attached hydrogens (tertiary/aromatic N) is 2. The zero-order valence-corrected chi connectivity index (χ0v) is 18.0. The monoisotopic (exact) mass is 426 g/mol. The van der Waals surface area contributed by atoms with E-state index in [-0.39, 0.29) is 37.1 Å². The minimum atomic E-state index is -3.62. The van der Waals surface area contributed by atoms with E-state index in [1.54, 1.807) is 24.8 Å². The van der Waals surface area contributed by atoms with Gasteiger partial charge in [0.25, 0.3) is 0 Å². The number of piperazine rings is 1. The summed E-state index contributed by atoms with van der Waals surface area (Å²) in [7, 11) is -6.80. The van der Waals surface area contributed by atoms with Crippen LogP contribution in [0.15, 0.2) is 28.5 Å². The second kappa shape index (κ2) is 7.61. The molecule has 2 heterocycles. The number of allylic oxidation sites excluding steroid dienone is 1. The van der Waals surface area contributed by atoms with Gasteiger partial charge in [-0.25, -0.2) is 16.8 Å². The largest absolute Gasteiger partial charge is 0.340 e. The Hall–Kier alpha value is -1.71. The van der Waals surface area contributed by atoms with Crippen LogP contribution in [0.2, 0.25) is 0 Å². The Morgan fingerprint density at radius 2 is 1.64 bits per heavy atom. The highest BCUT2D eigenvalue weighted by atomic mass is 32.2. The van der Waals surface area contributed by atoms with Gasteiger partial charge < -0.3 is 4.90 Å². The smallest absolute Gasteiger partial charge is 0.243 e. The third-order valence-corrected chi connectivity index (χ3v) is 8.90. The molecule has 7 nitrogen and oxygen atoms in total. The van der Waals surface area contributed by atoms with E-state index in [2.05, 4.69) is 0 Å². The molecule has 0 spiro atoms. The maximum Gasteiger partial charge on any atom is 0.243 e. The number of sulfone groups is 1. The molecule has 1 fully saturated rings. The van der Waals surface area contributed by atoms with Crippen LogP contribution >= 0.6 is 0 Å². The van der Waals surface area contributed by atoms with Crippen LogP contribution in [0.3, 0.4) is 0 Å². The Kier molecular flexibility index (Phi) is 5.71. The average molecular weight is 427 g/mol. The van der Waals surface area contributed by atoms with Gasteiger partial charge in [-0.1, -0.05) is 23.8 Å². The summed E-state index contributed by atoms with van der Waals surface area (Å²) in [5.74, 6) is -0.456. The minimum Gasteiger partial charge on any atom is -0.340 e. The quantitative estimate of drug-likeness (QED) is 0.726. The van der Waals surface area contributed by atoms with Gasteiger partial charge in [0.2, 0.25) is 15.9 Å². The summed E-state index contributed by atoms with van der Waals surface area (Å²) in [6.45, 7) is 6.63. The summed E-state index contributed by atoms with van der Waals surface area (Å²) < 4.78 is 50.6. The molecule has 1 aromatic carbocycles. The van der Waals surface area contributed by atoms with E-state index in [1.807, 2.05) is 19.1 Å². The van der Waals surface area contributed by atoms with Gasteiger partial charge in [0.15, 0.2) is 9.84 Å². The summed E-state index contributed by atoms with van der Waals surface area (Å²) in [4.78, 5) is 14.4. The molecule has 1 saturated heterocycles. The first-order valence-electron chi connectivity index (χ1n) is 9.26. The Morgan fingerprint density at radius 3 is 2.14 bits per heavy atom. The van der Waals surface area contributed by atoms with E-state index in [4.69, 9.17) is 0 Å². The van der Waals surface area contributed by atoms with E-state index >= 15 is 0 Å². The molecule has 3 rings (SSSR count). The van der Waals surface area contributed by atoms with Gasteiger partial charge in [0, 0.05) is 43.9 Å². The standard InChI is InChI=1S/C19H26N2O5S2/c1-14-10-15(2)19(16(3)11-14)28(25,26)21-7-5-20(6-8-21)18(22)12-17-4-9-27(23,24)13-17/h4,9-11,17H,5-8,12-13H2,1-3H3. The van der Waals surface area contributed by atoms with Crippen molar-refractivity contribution in [2.75, 3.05) is 31.9 Å². The normalized spacial score (nSPS) is 22.5. The molecule has 2 aliphatic rings. The van der Waals surface area contributed by atoms with Crippen LogP contribution < -0.4 is 0 Å². The lowest BCUT2D eigenvalue weighted by atomic mass is 10.1. The number of carbonyl (C=O) groups is 1. The zero-order valence-electron chi connectivity index (χ0n) is 16.4. The van der Waals surface area contributed by atoms with Crippen LogP contribution in [0.5, 0.6) is 0 Å². The van der Waals surface area contributed by atoms with Crippen LogP contribution in [0.25, 0.3) is 0 Å². The Balaban J connectivity index is 1.65. The Bertz CT molecular complexity index is 997. The van der Waals surface area contributed by atoms with Crippen molar-refractivity contribution in [1.82, 2.24) is 9.21 Å². The third kappa shape index (κ3) is 4.31. The van der Waals surface area contributed by atoms with Gasteiger partial charge in [-0.2, -0.15) is 4.31 Å². The summed E-state index contributed by atoms with van der Waals surface area (Å²) >= 11 is 0. The van der Waals surface area contributed by atoms with Gasteiger partial charge in [0.05, 0.1) is 10.6 Å². The highest BCUT2D eigenvalue weighted by Crippen LogP contribution is 2.26. The van der Waals surface area contributed by atoms with Gasteiger partial charge in [-0.15, -0.1) is 0 Å². The molecule has 0 radical (unpaired) electrons. The molecule has 0 aliphatic carbocycles. The van der Waals surface area contributed by atoms with Gasteiger partial charge in [-0.3, -0.25) is 4.79 Å². The van der Waals surface area contributed by atoms with Crippen molar-refractivity contribution in [3.8, 4) is 0 Å². The van der Waals surface area contributed by atoms with E-state index in [0.717, 1.165) is 16.7 Å². The zero-order chi connectivity index (χ0) is 20.7. The lowest BCUT2D eigenvalue weighted by Gasteiger charge is -2.35. The number of benzene rings is 1. The van der Waals surface area contributed by atoms with E-state index in [9.17, 15) is 21.6 Å². The first kappa shape index (κ1) is 21.0. The number of carbonyl (C=O) groups excluding carboxylic acids is 1. The number of hydrogen-bond acceptors (Lipinski definition) is 5. The maximum atomic E-state index is 13.1. The Morgan fingerprint density at radius 1 is 1.07 bits per heavy atom. The molecular weight excluding hydrogens is 400 g/mol. The highest BCUT2D eigenvalue weighted by molar-refractivity contribution is 7.94. The fourth-order valence-electron chi connectivity index (χ4n) is 4.00. The second-order valence-electron chi connectivity index (χ2n) is 7.63. The van der Waals surface area contributed by atoms with Crippen molar-refractivity contribution in [2.45, 2.75) is 32.1 Å². The summed E-state index contributed by atoms with van der Waals surface area (Å²) in [5.41, 5.74) is 2.47. The fraction of sp³-hybridized carbons (Fsp3) is 0.526. The van der Waals surface area contributed by atoms with E-state index < -0.39 is 19.9 Å². The maximum absolute atomic E-state index is 13.1. The average Bonchev–Trinajstić information content (AvgIpc) is 2.92. The van der Waals surface area contributed by atoms with Crippen LogP contribution in [-0.2, 0) is 24.7 Å². The molecule has 0 bridgehead atoms. The summed E-state index contributed by atoms with van der Waals surface area (Å²) in [6, 6.07) is 3.73. The molecule has 1 aromatic rings. The second-order valence-corrected chi connectivity index (χ2v) is 11.4. The van der Waals surface area contributed by atoms with Gasteiger partial charge in [0.1, 0.15) is 0 Å². The predicted octanol–water partition coefficient (Wildman–Crippen LogP) is 1.39. The molecule has 2 aliphatic heterocycles. The fourth-order valence-corrected chi connectivity index (χ4v) is 7.23. The molecule has 0 N–H and O–H groups in total. The van der Waals surface area contributed by atoms with Crippen molar-refractivity contribution < 1.29 is 21.6 Å². The molecule has 0 aromatic heterocycles. The van der Waals surface area contributed by atoms with Crippen molar-refractivity contribution in [1.29, 1.82) is 0 Å². The first-order chi connectivity index (χ1) is 13.0. The third-order valence-electron chi connectivity index (χ3n) is 5.24. The lowest BCUT2D eigenvalue weighted by molar-refractivity contribution is -0.132. The number of aryl methyl sites for hydroxylation is 3.